The molecule has 1 fully saturated rings. The summed E-state index contributed by atoms with van der Waals surface area (Å²) in [5.74, 6) is 3.61. The number of pyridine rings is 1. The van der Waals surface area contributed by atoms with Crippen molar-refractivity contribution in [2.75, 3.05) is 13.1 Å². The zero-order valence-electron chi connectivity index (χ0n) is 12.6. The molecule has 0 aliphatic heterocycles. The first kappa shape index (κ1) is 15.0. The first-order valence-electron chi connectivity index (χ1n) is 7.50. The third kappa shape index (κ3) is 5.32. The number of hydrogen-bond acceptors (Lipinski definition) is 3. The van der Waals surface area contributed by atoms with Gasteiger partial charge in [0.15, 0.2) is 0 Å². The molecule has 0 saturated heterocycles. The zero-order chi connectivity index (χ0) is 14.4. The van der Waals surface area contributed by atoms with E-state index in [-0.39, 0.29) is 0 Å². The third-order valence-electron chi connectivity index (χ3n) is 3.51. The molecule has 1 aromatic heterocycles. The normalized spacial score (nSPS) is 14.8. The van der Waals surface area contributed by atoms with Crippen LogP contribution in [0, 0.1) is 18.3 Å². The van der Waals surface area contributed by atoms with E-state index in [2.05, 4.69) is 47.1 Å². The Morgan fingerprint density at radius 2 is 2.25 bits per heavy atom. The first-order valence-corrected chi connectivity index (χ1v) is 7.50. The van der Waals surface area contributed by atoms with Gasteiger partial charge >= 0.3 is 0 Å². The summed E-state index contributed by atoms with van der Waals surface area (Å²) < 4.78 is 0. The van der Waals surface area contributed by atoms with Crippen LogP contribution in [0.25, 0.3) is 0 Å². The minimum Gasteiger partial charge on any atom is -0.310 e. The van der Waals surface area contributed by atoms with E-state index in [0.29, 0.717) is 6.04 Å². The Morgan fingerprint density at radius 1 is 1.45 bits per heavy atom. The lowest BCUT2D eigenvalue weighted by Crippen LogP contribution is -2.26. The van der Waals surface area contributed by atoms with Crippen LogP contribution in [0.3, 0.4) is 0 Å². The van der Waals surface area contributed by atoms with Gasteiger partial charge in [-0.1, -0.05) is 25.8 Å². The second-order valence-electron chi connectivity index (χ2n) is 6.01. The van der Waals surface area contributed by atoms with Crippen LogP contribution in [0.4, 0.5) is 0 Å². The van der Waals surface area contributed by atoms with E-state index in [9.17, 15) is 0 Å². The molecule has 1 saturated carbocycles. The monoisotopic (exact) mass is 271 g/mol. The summed E-state index contributed by atoms with van der Waals surface area (Å²) >= 11 is 0. The van der Waals surface area contributed by atoms with E-state index in [1.54, 1.807) is 0 Å². The maximum Gasteiger partial charge on any atom is 0.0602 e. The zero-order valence-corrected chi connectivity index (χ0v) is 12.6. The number of nitrogens with one attached hydrogen (secondary N) is 1. The molecule has 0 bridgehead atoms. The second-order valence-corrected chi connectivity index (χ2v) is 6.01. The molecule has 3 nitrogen and oxygen atoms in total. The molecule has 3 heteroatoms. The molecule has 0 unspecified atom stereocenters. The van der Waals surface area contributed by atoms with Crippen LogP contribution in [-0.2, 0) is 13.1 Å². The highest BCUT2D eigenvalue weighted by Crippen LogP contribution is 2.29. The Morgan fingerprint density at radius 3 is 2.80 bits per heavy atom. The van der Waals surface area contributed by atoms with E-state index in [1.807, 2.05) is 6.20 Å². The van der Waals surface area contributed by atoms with Gasteiger partial charge in [-0.2, -0.15) is 0 Å². The van der Waals surface area contributed by atoms with Gasteiger partial charge in [0.05, 0.1) is 12.2 Å². The van der Waals surface area contributed by atoms with Crippen molar-refractivity contribution in [2.24, 2.45) is 5.92 Å². The lowest BCUT2D eigenvalue weighted by atomic mass is 10.2. The van der Waals surface area contributed by atoms with Crippen LogP contribution < -0.4 is 5.32 Å². The molecule has 1 aliphatic rings. The number of terminal acetylenes is 1. The van der Waals surface area contributed by atoms with E-state index in [4.69, 9.17) is 6.42 Å². The largest absolute Gasteiger partial charge is 0.310 e. The van der Waals surface area contributed by atoms with Gasteiger partial charge in [0.2, 0.25) is 0 Å². The molecule has 108 valence electrons. The van der Waals surface area contributed by atoms with Crippen molar-refractivity contribution in [1.82, 2.24) is 15.2 Å². The van der Waals surface area contributed by atoms with E-state index >= 15 is 0 Å². The quantitative estimate of drug-likeness (QED) is 0.736. The molecule has 0 amide bonds. The van der Waals surface area contributed by atoms with Gasteiger partial charge in [0.1, 0.15) is 0 Å². The van der Waals surface area contributed by atoms with Gasteiger partial charge in [-0.15, -0.1) is 6.42 Å². The van der Waals surface area contributed by atoms with Crippen LogP contribution >= 0.6 is 0 Å². The molecule has 1 aliphatic carbocycles. The fourth-order valence-corrected chi connectivity index (χ4v) is 2.18. The molecule has 1 aromatic rings. The van der Waals surface area contributed by atoms with Crippen molar-refractivity contribution in [3.8, 4) is 12.3 Å². The molecule has 0 aromatic carbocycles. The maximum atomic E-state index is 5.45. The summed E-state index contributed by atoms with van der Waals surface area (Å²) in [7, 11) is 0. The van der Waals surface area contributed by atoms with Crippen molar-refractivity contribution < 1.29 is 0 Å². The maximum absolute atomic E-state index is 5.45. The summed E-state index contributed by atoms with van der Waals surface area (Å²) in [6, 6.07) is 4.77. The van der Waals surface area contributed by atoms with Crippen LogP contribution in [-0.4, -0.2) is 29.0 Å². The lowest BCUT2D eigenvalue weighted by molar-refractivity contribution is 0.283. The fourth-order valence-electron chi connectivity index (χ4n) is 2.18. The SMILES string of the molecule is C#CCN(Cc1ccc(CNC(C)C)cn1)CC1CC1. The molecule has 20 heavy (non-hydrogen) atoms. The van der Waals surface area contributed by atoms with Crippen LogP contribution in [0.1, 0.15) is 37.9 Å². The highest BCUT2D eigenvalue weighted by Gasteiger charge is 2.24. The topological polar surface area (TPSA) is 28.2 Å². The minimum absolute atomic E-state index is 0.499. The highest BCUT2D eigenvalue weighted by molar-refractivity contribution is 5.14. The molecule has 0 spiro atoms. The smallest absolute Gasteiger partial charge is 0.0602 e. The highest BCUT2D eigenvalue weighted by atomic mass is 15.1. The minimum atomic E-state index is 0.499. The average molecular weight is 271 g/mol. The molecule has 2 rings (SSSR count). The second kappa shape index (κ2) is 7.42. The standard InChI is InChI=1S/C17H25N3/c1-4-9-20(12-15-5-6-15)13-17-8-7-16(11-19-17)10-18-14(2)3/h1,7-8,11,14-15,18H,5-6,9-10,12-13H2,2-3H3. The summed E-state index contributed by atoms with van der Waals surface area (Å²) in [5.41, 5.74) is 2.34. The summed E-state index contributed by atoms with van der Waals surface area (Å²) in [5, 5.41) is 3.40. The Balaban J connectivity index is 1.86. The summed E-state index contributed by atoms with van der Waals surface area (Å²) in [6.07, 6.45) is 10.1. The predicted molar refractivity (Wildman–Crippen MR) is 83.0 cm³/mol. The molecular weight excluding hydrogens is 246 g/mol. The molecular formula is C17H25N3. The van der Waals surface area contributed by atoms with Crippen molar-refractivity contribution in [1.29, 1.82) is 0 Å². The molecule has 1 heterocycles. The molecule has 0 atom stereocenters. The number of hydrogen-bond donors (Lipinski definition) is 1. The van der Waals surface area contributed by atoms with E-state index in [0.717, 1.165) is 37.8 Å². The van der Waals surface area contributed by atoms with Gasteiger partial charge in [-0.25, -0.2) is 0 Å². The van der Waals surface area contributed by atoms with Gasteiger partial charge in [0, 0.05) is 31.9 Å². The summed E-state index contributed by atoms with van der Waals surface area (Å²) in [6.45, 7) is 7.87. The number of aromatic nitrogens is 1. The van der Waals surface area contributed by atoms with Gasteiger partial charge in [-0.05, 0) is 30.4 Å². The van der Waals surface area contributed by atoms with Crippen molar-refractivity contribution >= 4 is 0 Å². The lowest BCUT2D eigenvalue weighted by Gasteiger charge is -2.19. The molecule has 0 radical (unpaired) electrons. The average Bonchev–Trinajstić information content (AvgIpc) is 3.22. The predicted octanol–water partition coefficient (Wildman–Crippen LogP) is 2.42. The summed E-state index contributed by atoms with van der Waals surface area (Å²) in [4.78, 5) is 6.88. The Bertz CT molecular complexity index is 440. The van der Waals surface area contributed by atoms with Crippen LogP contribution in [0.15, 0.2) is 18.3 Å². The van der Waals surface area contributed by atoms with Crippen molar-refractivity contribution in [3.05, 3.63) is 29.6 Å². The molecule has 1 N–H and O–H groups in total. The van der Waals surface area contributed by atoms with Crippen LogP contribution in [0.5, 0.6) is 0 Å². The Hall–Kier alpha value is -1.37. The Labute approximate surface area is 122 Å². The number of rotatable bonds is 8. The first-order chi connectivity index (χ1) is 9.67. The van der Waals surface area contributed by atoms with E-state index in [1.165, 1.54) is 18.4 Å². The van der Waals surface area contributed by atoms with E-state index < -0.39 is 0 Å². The fraction of sp³-hybridized carbons (Fsp3) is 0.588. The third-order valence-corrected chi connectivity index (χ3v) is 3.51. The Kier molecular flexibility index (Phi) is 5.58. The van der Waals surface area contributed by atoms with Gasteiger partial charge < -0.3 is 5.32 Å². The van der Waals surface area contributed by atoms with Gasteiger partial charge in [-0.3, -0.25) is 9.88 Å². The number of nitrogens with zero attached hydrogens (tertiary/aromatic N) is 2. The van der Waals surface area contributed by atoms with Gasteiger partial charge in [0.25, 0.3) is 0 Å². The van der Waals surface area contributed by atoms with Crippen LogP contribution in [0.2, 0.25) is 0 Å². The van der Waals surface area contributed by atoms with Crippen molar-refractivity contribution in [2.45, 2.75) is 45.8 Å². The van der Waals surface area contributed by atoms with Crippen molar-refractivity contribution in [3.63, 3.8) is 0 Å².